The van der Waals surface area contributed by atoms with E-state index in [1.54, 1.807) is 0 Å². The van der Waals surface area contributed by atoms with Crippen molar-refractivity contribution in [3.8, 4) is 0 Å². The van der Waals surface area contributed by atoms with Gasteiger partial charge in [0.15, 0.2) is 5.82 Å². The van der Waals surface area contributed by atoms with Crippen LogP contribution in [0, 0.1) is 10.1 Å². The van der Waals surface area contributed by atoms with Crippen LogP contribution >= 0.6 is 0 Å². The van der Waals surface area contributed by atoms with Crippen LogP contribution in [0.25, 0.3) is 0 Å². The summed E-state index contributed by atoms with van der Waals surface area (Å²) in [5.41, 5.74) is 0.00666. The van der Waals surface area contributed by atoms with Gasteiger partial charge in [-0.05, 0) is 25.5 Å². The van der Waals surface area contributed by atoms with Crippen molar-refractivity contribution < 1.29 is 27.7 Å². The van der Waals surface area contributed by atoms with Crippen molar-refractivity contribution in [1.29, 1.82) is 0 Å². The van der Waals surface area contributed by atoms with Crippen LogP contribution in [0.1, 0.15) is 23.8 Å². The summed E-state index contributed by atoms with van der Waals surface area (Å²) < 4.78 is 38.4. The molecule has 3 amide bonds. The third kappa shape index (κ3) is 4.36. The fourth-order valence-electron chi connectivity index (χ4n) is 3.72. The number of urea groups is 1. The van der Waals surface area contributed by atoms with Crippen LogP contribution in [0.15, 0.2) is 30.5 Å². The molecule has 2 N–H and O–H groups in total. The third-order valence-electron chi connectivity index (χ3n) is 5.43. The molecule has 1 fully saturated rings. The van der Waals surface area contributed by atoms with Gasteiger partial charge in [-0.15, -0.1) is 0 Å². The molecule has 2 bridgehead atoms. The molecular formula is C19H18F3N7O4. The van der Waals surface area contributed by atoms with Crippen LogP contribution in [0.5, 0.6) is 0 Å². The topological polar surface area (TPSA) is 134 Å². The summed E-state index contributed by atoms with van der Waals surface area (Å²) in [5, 5.41) is 15.3. The highest BCUT2D eigenvalue weighted by Gasteiger charge is 2.41. The van der Waals surface area contributed by atoms with Gasteiger partial charge in [0.2, 0.25) is 0 Å². The van der Waals surface area contributed by atoms with E-state index < -0.39 is 29.1 Å². The van der Waals surface area contributed by atoms with E-state index >= 15 is 0 Å². The molecule has 0 saturated carbocycles. The number of halogens is 3. The van der Waals surface area contributed by atoms with Crippen LogP contribution in [-0.4, -0.2) is 58.2 Å². The Bertz CT molecular complexity index is 1130. The Morgan fingerprint density at radius 2 is 2.06 bits per heavy atom. The highest BCUT2D eigenvalue weighted by atomic mass is 19.4. The molecular weight excluding hydrogens is 447 g/mol. The number of nitrogens with one attached hydrogen (secondary N) is 2. The number of hydrogen-bond donors (Lipinski definition) is 2. The van der Waals surface area contributed by atoms with Crippen LogP contribution in [0.2, 0.25) is 0 Å². The lowest BCUT2D eigenvalue weighted by Gasteiger charge is -2.35. The molecule has 4 rings (SSSR count). The molecule has 2 aromatic rings. The van der Waals surface area contributed by atoms with Gasteiger partial charge in [0.05, 0.1) is 22.7 Å². The van der Waals surface area contributed by atoms with Crippen LogP contribution < -0.4 is 20.4 Å². The fourth-order valence-corrected chi connectivity index (χ4v) is 3.72. The monoisotopic (exact) mass is 465 g/mol. The predicted molar refractivity (Wildman–Crippen MR) is 110 cm³/mol. The van der Waals surface area contributed by atoms with Crippen LogP contribution in [0.3, 0.4) is 0 Å². The number of aromatic nitrogens is 2. The molecule has 11 nitrogen and oxygen atoms in total. The van der Waals surface area contributed by atoms with Gasteiger partial charge in [-0.3, -0.25) is 25.1 Å². The Balaban J connectivity index is 1.62. The summed E-state index contributed by atoms with van der Waals surface area (Å²) in [7, 11) is 0. The molecule has 0 spiro atoms. The number of carbonyl (C=O) groups is 2. The van der Waals surface area contributed by atoms with Gasteiger partial charge in [0.25, 0.3) is 11.6 Å². The van der Waals surface area contributed by atoms with Gasteiger partial charge in [0, 0.05) is 25.4 Å². The minimum Gasteiger partial charge on any atom is -0.366 e. The molecule has 33 heavy (non-hydrogen) atoms. The Hall–Kier alpha value is -3.97. The summed E-state index contributed by atoms with van der Waals surface area (Å²) in [4.78, 5) is 47.2. The lowest BCUT2D eigenvalue weighted by molar-refractivity contribution is -0.384. The summed E-state index contributed by atoms with van der Waals surface area (Å²) in [6.45, 7) is 1.93. The molecule has 2 aromatic heterocycles. The lowest BCUT2D eigenvalue weighted by atomic mass is 10.1. The van der Waals surface area contributed by atoms with E-state index in [0.29, 0.717) is 25.2 Å². The number of fused-ring (bicyclic) bond motifs is 4. The quantitative estimate of drug-likeness (QED) is 0.524. The maximum absolute atomic E-state index is 13.1. The molecule has 4 heterocycles. The minimum absolute atomic E-state index is 0.0518. The summed E-state index contributed by atoms with van der Waals surface area (Å²) in [5.74, 6) is -0.973. The van der Waals surface area contributed by atoms with Gasteiger partial charge in [-0.2, -0.15) is 13.2 Å². The Morgan fingerprint density at radius 1 is 1.30 bits per heavy atom. The van der Waals surface area contributed by atoms with Gasteiger partial charge in [-0.1, -0.05) is 0 Å². The van der Waals surface area contributed by atoms with Crippen molar-refractivity contribution in [3.05, 3.63) is 46.3 Å². The van der Waals surface area contributed by atoms with Crippen molar-refractivity contribution >= 4 is 34.9 Å². The van der Waals surface area contributed by atoms with Crippen molar-refractivity contribution in [2.24, 2.45) is 0 Å². The van der Waals surface area contributed by atoms with E-state index in [1.165, 1.54) is 29.3 Å². The van der Waals surface area contributed by atoms with Crippen molar-refractivity contribution in [2.75, 3.05) is 28.2 Å². The predicted octanol–water partition coefficient (Wildman–Crippen LogP) is 2.70. The van der Waals surface area contributed by atoms with E-state index in [1.807, 2.05) is 10.2 Å². The molecule has 2 aliphatic heterocycles. The molecule has 2 aliphatic rings. The number of rotatable bonds is 4. The van der Waals surface area contributed by atoms with Gasteiger partial charge < -0.3 is 10.2 Å². The number of carbonyl (C=O) groups excluding carboxylic acids is 2. The Labute approximate surface area is 184 Å². The number of amides is 3. The zero-order valence-electron chi connectivity index (χ0n) is 17.2. The molecule has 2 atom stereocenters. The van der Waals surface area contributed by atoms with E-state index in [4.69, 9.17) is 0 Å². The first-order valence-corrected chi connectivity index (χ1v) is 9.89. The number of alkyl halides is 3. The van der Waals surface area contributed by atoms with Gasteiger partial charge in [0.1, 0.15) is 17.6 Å². The van der Waals surface area contributed by atoms with Crippen molar-refractivity contribution in [1.82, 2.24) is 15.3 Å². The summed E-state index contributed by atoms with van der Waals surface area (Å²) in [6.07, 6.45) is -2.84. The first-order valence-electron chi connectivity index (χ1n) is 9.89. The smallest absolute Gasteiger partial charge is 0.366 e. The van der Waals surface area contributed by atoms with E-state index in [2.05, 4.69) is 15.3 Å². The molecule has 0 aromatic carbocycles. The largest absolute Gasteiger partial charge is 0.408 e. The average molecular weight is 465 g/mol. The maximum Gasteiger partial charge on any atom is 0.408 e. The third-order valence-corrected chi connectivity index (χ3v) is 5.43. The fraction of sp³-hybridized carbons (Fsp3) is 0.368. The van der Waals surface area contributed by atoms with E-state index in [-0.39, 0.29) is 29.1 Å². The number of anilines is 3. The minimum atomic E-state index is -4.62. The lowest BCUT2D eigenvalue weighted by Crippen LogP contribution is -2.49. The number of hydrogen-bond acceptors (Lipinski definition) is 7. The van der Waals surface area contributed by atoms with E-state index in [9.17, 15) is 32.9 Å². The first-order chi connectivity index (χ1) is 15.5. The second-order valence-corrected chi connectivity index (χ2v) is 7.62. The first kappa shape index (κ1) is 22.2. The number of pyridine rings is 2. The van der Waals surface area contributed by atoms with Crippen LogP contribution in [0.4, 0.5) is 41.0 Å². The zero-order valence-corrected chi connectivity index (χ0v) is 17.2. The summed E-state index contributed by atoms with van der Waals surface area (Å²) in [6, 6.07) is 2.04. The number of nitrogens with zero attached hydrogens (tertiary/aromatic N) is 5. The standard InChI is InChI=1S/C19H18F3N7O4/c1-10(19(20,21)22)24-17(30)13-2-3-14-16(25-13)28(12-5-7-27(14)9-12)18(31)26-15-8-11(29(32)33)4-6-23-15/h2-4,6,8,10,12H,5,7,9H2,1H3,(H,24,30)(H,23,26,31)/t10?,12-/m0/s1. The number of nitro groups is 1. The molecule has 0 aliphatic carbocycles. The normalized spacial score (nSPS) is 17.9. The Kier molecular flexibility index (Phi) is 5.51. The molecule has 1 saturated heterocycles. The maximum atomic E-state index is 13.1. The second kappa shape index (κ2) is 8.18. The SMILES string of the molecule is CC(NC(=O)c1ccc2c(n1)N(C(=O)Nc1cc([N+](=O)[O-])ccn1)[C@H]1CCN2C1)C(F)(F)F. The second-order valence-electron chi connectivity index (χ2n) is 7.62. The highest BCUT2D eigenvalue weighted by Crippen LogP contribution is 2.39. The highest BCUT2D eigenvalue weighted by molar-refractivity contribution is 6.05. The van der Waals surface area contributed by atoms with Crippen LogP contribution in [-0.2, 0) is 0 Å². The zero-order chi connectivity index (χ0) is 23.9. The average Bonchev–Trinajstić information content (AvgIpc) is 3.17. The van der Waals surface area contributed by atoms with Gasteiger partial charge in [-0.25, -0.2) is 14.8 Å². The van der Waals surface area contributed by atoms with E-state index in [0.717, 1.165) is 13.0 Å². The summed E-state index contributed by atoms with van der Waals surface area (Å²) >= 11 is 0. The van der Waals surface area contributed by atoms with Crippen molar-refractivity contribution in [3.63, 3.8) is 0 Å². The molecule has 174 valence electrons. The Morgan fingerprint density at radius 3 is 2.76 bits per heavy atom. The molecule has 0 radical (unpaired) electrons. The molecule has 14 heteroatoms. The van der Waals surface area contributed by atoms with Crippen molar-refractivity contribution in [2.45, 2.75) is 31.6 Å². The molecule has 1 unspecified atom stereocenters. The van der Waals surface area contributed by atoms with Gasteiger partial charge >= 0.3 is 12.2 Å².